The van der Waals surface area contributed by atoms with Crippen LogP contribution in [-0.4, -0.2) is 17.7 Å². The van der Waals surface area contributed by atoms with E-state index in [-0.39, 0.29) is 17.2 Å². The van der Waals surface area contributed by atoms with Gasteiger partial charge in [-0.05, 0) is 48.4 Å². The first kappa shape index (κ1) is 20.9. The van der Waals surface area contributed by atoms with Crippen molar-refractivity contribution in [2.75, 3.05) is 6.61 Å². The van der Waals surface area contributed by atoms with Crippen molar-refractivity contribution in [1.29, 1.82) is 0 Å². The molecular weight excluding hydrogens is 409 g/mol. The summed E-state index contributed by atoms with van der Waals surface area (Å²) < 4.78 is 49.0. The number of rotatable bonds is 4. The Bertz CT molecular complexity index is 1060. The van der Waals surface area contributed by atoms with E-state index in [1.807, 2.05) is 30.3 Å². The van der Waals surface area contributed by atoms with Crippen LogP contribution in [0, 0.1) is 5.92 Å². The molecule has 7 heteroatoms. The molecule has 0 spiro atoms. The summed E-state index contributed by atoms with van der Waals surface area (Å²) in [7, 11) is 0. The molecule has 31 heavy (non-hydrogen) atoms. The minimum Gasteiger partial charge on any atom is -0.493 e. The third-order valence-corrected chi connectivity index (χ3v) is 5.20. The van der Waals surface area contributed by atoms with Crippen LogP contribution < -0.4 is 9.47 Å². The number of ether oxygens (including phenoxy) is 2. The largest absolute Gasteiger partial charge is 0.493 e. The molecule has 4 nitrogen and oxygen atoms in total. The Morgan fingerprint density at radius 3 is 2.42 bits per heavy atom. The molecule has 3 aromatic rings. The molecule has 0 amide bonds. The van der Waals surface area contributed by atoms with Crippen molar-refractivity contribution in [2.24, 2.45) is 5.92 Å². The molecule has 3 aromatic carbocycles. The van der Waals surface area contributed by atoms with Gasteiger partial charge in [0.1, 0.15) is 11.5 Å². The summed E-state index contributed by atoms with van der Waals surface area (Å²) in [6, 6.07) is 18.2. The molecule has 1 N–H and O–H groups in total. The van der Waals surface area contributed by atoms with Crippen LogP contribution in [-0.2, 0) is 12.6 Å². The number of aliphatic hydroxyl groups is 1. The fraction of sp³-hybridized carbons (Fsp3) is 0.208. The molecule has 1 aliphatic heterocycles. The molecule has 0 radical (unpaired) electrons. The summed E-state index contributed by atoms with van der Waals surface area (Å²) in [6.45, 7) is 0.305. The maximum Gasteiger partial charge on any atom is 0.416 e. The summed E-state index contributed by atoms with van der Waals surface area (Å²) >= 11 is 0. The number of benzene rings is 3. The van der Waals surface area contributed by atoms with E-state index in [9.17, 15) is 23.1 Å². The van der Waals surface area contributed by atoms with E-state index in [1.165, 1.54) is 12.1 Å². The first-order valence-corrected chi connectivity index (χ1v) is 9.69. The van der Waals surface area contributed by atoms with Crippen LogP contribution >= 0.6 is 0 Å². The normalized spacial score (nSPS) is 18.1. The molecule has 2 atom stereocenters. The standard InChI is InChI=1S/C24H19F3O4/c25-24(26,27)18-8-6-16(7-9-18)23(29)31-19-10-11-20-21(13-19)30-14-17(22(20)28)12-15-4-2-1-3-5-15/h1-11,13,17,22,28H,12,14H2. The zero-order valence-electron chi connectivity index (χ0n) is 16.3. The van der Waals surface area contributed by atoms with Gasteiger partial charge in [-0.1, -0.05) is 30.3 Å². The van der Waals surface area contributed by atoms with Gasteiger partial charge in [0.15, 0.2) is 0 Å². The zero-order chi connectivity index (χ0) is 22.0. The van der Waals surface area contributed by atoms with Gasteiger partial charge in [-0.25, -0.2) is 4.79 Å². The average Bonchev–Trinajstić information content (AvgIpc) is 2.76. The lowest BCUT2D eigenvalue weighted by atomic mass is 9.88. The van der Waals surface area contributed by atoms with Gasteiger partial charge in [0.25, 0.3) is 0 Å². The summed E-state index contributed by atoms with van der Waals surface area (Å²) in [4.78, 5) is 12.3. The molecule has 0 saturated carbocycles. The fourth-order valence-electron chi connectivity index (χ4n) is 3.54. The van der Waals surface area contributed by atoms with Gasteiger partial charge < -0.3 is 14.6 Å². The Morgan fingerprint density at radius 2 is 1.74 bits per heavy atom. The number of halogens is 3. The van der Waals surface area contributed by atoms with Crippen molar-refractivity contribution < 1.29 is 32.5 Å². The molecule has 0 bridgehead atoms. The minimum atomic E-state index is -4.47. The van der Waals surface area contributed by atoms with Crippen LogP contribution in [0.1, 0.15) is 33.2 Å². The van der Waals surface area contributed by atoms with Gasteiger partial charge in [-0.2, -0.15) is 13.2 Å². The monoisotopic (exact) mass is 428 g/mol. The van der Waals surface area contributed by atoms with E-state index < -0.39 is 23.8 Å². The van der Waals surface area contributed by atoms with Gasteiger partial charge in [-0.3, -0.25) is 0 Å². The molecule has 0 saturated heterocycles. The Labute approximate surface area is 176 Å². The third-order valence-electron chi connectivity index (χ3n) is 5.20. The lowest BCUT2D eigenvalue weighted by Gasteiger charge is -2.30. The lowest BCUT2D eigenvalue weighted by molar-refractivity contribution is -0.137. The predicted octanol–water partition coefficient (Wildman–Crippen LogP) is 5.21. The second kappa shape index (κ2) is 8.43. The second-order valence-electron chi connectivity index (χ2n) is 7.37. The molecule has 160 valence electrons. The minimum absolute atomic E-state index is 0.00500. The van der Waals surface area contributed by atoms with E-state index in [4.69, 9.17) is 9.47 Å². The van der Waals surface area contributed by atoms with Crippen LogP contribution in [0.25, 0.3) is 0 Å². The van der Waals surface area contributed by atoms with Crippen LogP contribution in [0.5, 0.6) is 11.5 Å². The van der Waals surface area contributed by atoms with Gasteiger partial charge in [0.05, 0.1) is 23.8 Å². The Hall–Kier alpha value is -3.32. The Morgan fingerprint density at radius 1 is 1.03 bits per heavy atom. The van der Waals surface area contributed by atoms with Crippen LogP contribution in [0.2, 0.25) is 0 Å². The van der Waals surface area contributed by atoms with Crippen molar-refractivity contribution in [3.05, 3.63) is 95.1 Å². The summed E-state index contributed by atoms with van der Waals surface area (Å²) in [5.74, 6) is -0.311. The molecule has 4 rings (SSSR count). The van der Waals surface area contributed by atoms with E-state index in [0.29, 0.717) is 24.3 Å². The van der Waals surface area contributed by atoms with Crippen LogP contribution in [0.3, 0.4) is 0 Å². The van der Waals surface area contributed by atoms with Crippen molar-refractivity contribution in [2.45, 2.75) is 18.7 Å². The van der Waals surface area contributed by atoms with Crippen LogP contribution in [0.15, 0.2) is 72.8 Å². The second-order valence-corrected chi connectivity index (χ2v) is 7.37. The van der Waals surface area contributed by atoms with Crippen molar-refractivity contribution >= 4 is 5.97 Å². The summed E-state index contributed by atoms with van der Waals surface area (Å²) in [6.07, 6.45) is -4.55. The number of hydrogen-bond acceptors (Lipinski definition) is 4. The fourth-order valence-corrected chi connectivity index (χ4v) is 3.54. The third kappa shape index (κ3) is 4.72. The number of alkyl halides is 3. The number of carbonyl (C=O) groups is 1. The van der Waals surface area contributed by atoms with E-state index >= 15 is 0 Å². The van der Waals surface area contributed by atoms with E-state index in [1.54, 1.807) is 6.07 Å². The average molecular weight is 428 g/mol. The molecule has 1 heterocycles. The number of hydrogen-bond donors (Lipinski definition) is 1. The van der Waals surface area contributed by atoms with Crippen molar-refractivity contribution in [1.82, 2.24) is 0 Å². The number of carbonyl (C=O) groups excluding carboxylic acids is 1. The molecule has 0 fully saturated rings. The molecule has 1 aliphatic rings. The number of aliphatic hydroxyl groups excluding tert-OH is 1. The van der Waals surface area contributed by atoms with Crippen molar-refractivity contribution in [3.8, 4) is 11.5 Å². The highest BCUT2D eigenvalue weighted by Crippen LogP contribution is 2.39. The molecule has 2 unspecified atom stereocenters. The zero-order valence-corrected chi connectivity index (χ0v) is 16.3. The lowest BCUT2D eigenvalue weighted by Crippen LogP contribution is -2.27. The highest BCUT2D eigenvalue weighted by molar-refractivity contribution is 5.91. The van der Waals surface area contributed by atoms with Gasteiger partial charge in [-0.15, -0.1) is 0 Å². The van der Waals surface area contributed by atoms with Gasteiger partial charge >= 0.3 is 12.1 Å². The van der Waals surface area contributed by atoms with Gasteiger partial charge in [0, 0.05) is 17.5 Å². The molecular formula is C24H19F3O4. The topological polar surface area (TPSA) is 55.8 Å². The van der Waals surface area contributed by atoms with Crippen LogP contribution in [0.4, 0.5) is 13.2 Å². The first-order chi connectivity index (χ1) is 14.8. The first-order valence-electron chi connectivity index (χ1n) is 9.69. The Balaban J connectivity index is 1.45. The maximum absolute atomic E-state index is 12.7. The summed E-state index contributed by atoms with van der Waals surface area (Å²) in [5.41, 5.74) is 0.849. The molecule has 0 aromatic heterocycles. The smallest absolute Gasteiger partial charge is 0.416 e. The number of esters is 1. The predicted molar refractivity (Wildman–Crippen MR) is 107 cm³/mol. The Kier molecular flexibility index (Phi) is 5.69. The molecule has 0 aliphatic carbocycles. The van der Waals surface area contributed by atoms with E-state index in [0.717, 1.165) is 29.8 Å². The maximum atomic E-state index is 12.7. The number of fused-ring (bicyclic) bond motifs is 1. The highest BCUT2D eigenvalue weighted by atomic mass is 19.4. The quantitative estimate of drug-likeness (QED) is 0.458. The highest BCUT2D eigenvalue weighted by Gasteiger charge is 2.31. The van der Waals surface area contributed by atoms with Crippen molar-refractivity contribution in [3.63, 3.8) is 0 Å². The van der Waals surface area contributed by atoms with Gasteiger partial charge in [0.2, 0.25) is 0 Å². The SMILES string of the molecule is O=C(Oc1ccc2c(c1)OCC(Cc1ccccc1)C2O)c1ccc(C(F)(F)F)cc1. The van der Waals surface area contributed by atoms with E-state index in [2.05, 4.69) is 0 Å². The summed E-state index contributed by atoms with van der Waals surface area (Å²) in [5, 5.41) is 10.7.